The summed E-state index contributed by atoms with van der Waals surface area (Å²) in [6.07, 6.45) is 4.32. The lowest BCUT2D eigenvalue weighted by molar-refractivity contribution is -0.134. The summed E-state index contributed by atoms with van der Waals surface area (Å²) in [5.41, 5.74) is 0.872. The summed E-state index contributed by atoms with van der Waals surface area (Å²) in [5.74, 6) is -0.427. The van der Waals surface area contributed by atoms with Crippen LogP contribution in [0.1, 0.15) is 12.8 Å². The van der Waals surface area contributed by atoms with Gasteiger partial charge in [-0.05, 0) is 18.6 Å². The van der Waals surface area contributed by atoms with Gasteiger partial charge in [0.05, 0.1) is 11.9 Å². The molecule has 84 valence electrons. The van der Waals surface area contributed by atoms with Crippen LogP contribution in [0.4, 0.5) is 5.69 Å². The van der Waals surface area contributed by atoms with E-state index in [-0.39, 0.29) is 17.9 Å². The molecule has 2 rings (SSSR count). The summed E-state index contributed by atoms with van der Waals surface area (Å²) in [4.78, 5) is 28.5. The summed E-state index contributed by atoms with van der Waals surface area (Å²) < 4.78 is 0. The van der Waals surface area contributed by atoms with Crippen molar-refractivity contribution >= 4 is 17.5 Å². The lowest BCUT2D eigenvalue weighted by Gasteiger charge is -2.30. The first-order valence-corrected chi connectivity index (χ1v) is 5.15. The van der Waals surface area contributed by atoms with E-state index in [2.05, 4.69) is 10.3 Å². The fourth-order valence-electron chi connectivity index (χ4n) is 1.79. The van der Waals surface area contributed by atoms with E-state index in [9.17, 15) is 9.59 Å². The maximum atomic E-state index is 11.6. The SMILES string of the molecule is CN(c1cccnc1)C1CCC(=O)NC1=O. The maximum absolute atomic E-state index is 11.6. The molecular formula is C11H13N3O2. The van der Waals surface area contributed by atoms with E-state index in [0.717, 1.165) is 5.69 Å². The highest BCUT2D eigenvalue weighted by molar-refractivity contribution is 6.01. The van der Waals surface area contributed by atoms with Gasteiger partial charge in [0, 0.05) is 19.7 Å². The summed E-state index contributed by atoms with van der Waals surface area (Å²) in [5, 5.41) is 2.34. The molecule has 1 atom stereocenters. The van der Waals surface area contributed by atoms with Crippen molar-refractivity contribution in [2.45, 2.75) is 18.9 Å². The number of carbonyl (C=O) groups excluding carboxylic acids is 2. The van der Waals surface area contributed by atoms with Crippen molar-refractivity contribution in [1.29, 1.82) is 0 Å². The molecule has 1 fully saturated rings. The number of piperidine rings is 1. The largest absolute Gasteiger partial charge is 0.361 e. The van der Waals surface area contributed by atoms with Crippen LogP contribution in [-0.4, -0.2) is 29.9 Å². The molecule has 1 aromatic heterocycles. The zero-order valence-electron chi connectivity index (χ0n) is 9.01. The molecule has 5 heteroatoms. The van der Waals surface area contributed by atoms with E-state index in [1.54, 1.807) is 12.4 Å². The third kappa shape index (κ3) is 2.03. The van der Waals surface area contributed by atoms with E-state index < -0.39 is 0 Å². The fourth-order valence-corrected chi connectivity index (χ4v) is 1.79. The molecule has 0 saturated carbocycles. The van der Waals surface area contributed by atoms with E-state index >= 15 is 0 Å². The molecule has 5 nitrogen and oxygen atoms in total. The van der Waals surface area contributed by atoms with Crippen molar-refractivity contribution in [3.63, 3.8) is 0 Å². The highest BCUT2D eigenvalue weighted by Crippen LogP contribution is 2.18. The average Bonchev–Trinajstić information content (AvgIpc) is 2.29. The molecular weight excluding hydrogens is 206 g/mol. The number of amides is 2. The molecule has 0 aliphatic carbocycles. The Morgan fingerprint density at radius 1 is 1.50 bits per heavy atom. The summed E-state index contributed by atoms with van der Waals surface area (Å²) in [6, 6.07) is 3.41. The van der Waals surface area contributed by atoms with Crippen LogP contribution in [0.5, 0.6) is 0 Å². The van der Waals surface area contributed by atoms with Gasteiger partial charge < -0.3 is 4.90 Å². The molecule has 2 heterocycles. The quantitative estimate of drug-likeness (QED) is 0.728. The number of hydrogen-bond donors (Lipinski definition) is 1. The lowest BCUT2D eigenvalue weighted by Crippen LogP contribution is -2.51. The zero-order valence-corrected chi connectivity index (χ0v) is 9.01. The predicted octanol–water partition coefficient (Wildman–Crippen LogP) is 0.323. The Labute approximate surface area is 93.5 Å². The Morgan fingerprint density at radius 2 is 2.31 bits per heavy atom. The number of hydrogen-bond acceptors (Lipinski definition) is 4. The van der Waals surface area contributed by atoms with E-state index in [0.29, 0.717) is 12.8 Å². The van der Waals surface area contributed by atoms with Crippen LogP contribution in [0.2, 0.25) is 0 Å². The monoisotopic (exact) mass is 219 g/mol. The molecule has 16 heavy (non-hydrogen) atoms. The molecule has 1 saturated heterocycles. The topological polar surface area (TPSA) is 62.3 Å². The molecule has 1 N–H and O–H groups in total. The van der Waals surface area contributed by atoms with Gasteiger partial charge in [0.1, 0.15) is 6.04 Å². The van der Waals surface area contributed by atoms with Crippen molar-refractivity contribution in [1.82, 2.24) is 10.3 Å². The molecule has 0 bridgehead atoms. The van der Waals surface area contributed by atoms with Gasteiger partial charge in [-0.2, -0.15) is 0 Å². The summed E-state index contributed by atoms with van der Waals surface area (Å²) in [6.45, 7) is 0. The maximum Gasteiger partial charge on any atom is 0.249 e. The van der Waals surface area contributed by atoms with E-state index in [1.165, 1.54) is 0 Å². The second-order valence-electron chi connectivity index (χ2n) is 3.79. The Hall–Kier alpha value is -1.91. The number of nitrogens with one attached hydrogen (secondary N) is 1. The van der Waals surface area contributed by atoms with Crippen molar-refractivity contribution in [3.8, 4) is 0 Å². The van der Waals surface area contributed by atoms with Gasteiger partial charge >= 0.3 is 0 Å². The number of pyridine rings is 1. The molecule has 1 aromatic rings. The summed E-state index contributed by atoms with van der Waals surface area (Å²) in [7, 11) is 1.83. The molecule has 1 aliphatic rings. The molecule has 0 spiro atoms. The number of aromatic nitrogens is 1. The van der Waals surface area contributed by atoms with Gasteiger partial charge in [-0.15, -0.1) is 0 Å². The smallest absolute Gasteiger partial charge is 0.249 e. The standard InChI is InChI=1S/C11H13N3O2/c1-14(8-3-2-6-12-7-8)9-4-5-10(15)13-11(9)16/h2-3,6-7,9H,4-5H2,1H3,(H,13,15,16). The minimum atomic E-state index is -0.290. The lowest BCUT2D eigenvalue weighted by atomic mass is 10.0. The first-order valence-electron chi connectivity index (χ1n) is 5.15. The second-order valence-corrected chi connectivity index (χ2v) is 3.79. The number of carbonyl (C=O) groups is 2. The van der Waals surface area contributed by atoms with E-state index in [4.69, 9.17) is 0 Å². The van der Waals surface area contributed by atoms with Crippen LogP contribution in [0.15, 0.2) is 24.5 Å². The minimum Gasteiger partial charge on any atom is -0.361 e. The Kier molecular flexibility index (Phi) is 2.85. The minimum absolute atomic E-state index is 0.194. The summed E-state index contributed by atoms with van der Waals surface area (Å²) >= 11 is 0. The number of rotatable bonds is 2. The Balaban J connectivity index is 2.13. The third-order valence-electron chi connectivity index (χ3n) is 2.73. The second kappa shape index (κ2) is 4.30. The van der Waals surface area contributed by atoms with Gasteiger partial charge in [-0.25, -0.2) is 0 Å². The Morgan fingerprint density at radius 3 is 2.94 bits per heavy atom. The normalized spacial score (nSPS) is 20.4. The van der Waals surface area contributed by atoms with Gasteiger partial charge in [0.25, 0.3) is 0 Å². The highest BCUT2D eigenvalue weighted by atomic mass is 16.2. The highest BCUT2D eigenvalue weighted by Gasteiger charge is 2.29. The number of nitrogens with zero attached hydrogens (tertiary/aromatic N) is 2. The first-order chi connectivity index (χ1) is 7.68. The van der Waals surface area contributed by atoms with Crippen LogP contribution in [0.25, 0.3) is 0 Å². The molecule has 2 amide bonds. The van der Waals surface area contributed by atoms with Crippen LogP contribution in [0.3, 0.4) is 0 Å². The van der Waals surface area contributed by atoms with Crippen LogP contribution in [-0.2, 0) is 9.59 Å². The van der Waals surface area contributed by atoms with Crippen LogP contribution >= 0.6 is 0 Å². The van der Waals surface area contributed by atoms with Crippen molar-refractivity contribution in [2.24, 2.45) is 0 Å². The van der Waals surface area contributed by atoms with Gasteiger partial charge in [-0.3, -0.25) is 19.9 Å². The fraction of sp³-hybridized carbons (Fsp3) is 0.364. The zero-order chi connectivity index (χ0) is 11.5. The first kappa shape index (κ1) is 10.6. The van der Waals surface area contributed by atoms with Crippen LogP contribution in [0, 0.1) is 0 Å². The molecule has 1 unspecified atom stereocenters. The van der Waals surface area contributed by atoms with Gasteiger partial charge in [0.15, 0.2) is 0 Å². The number of imide groups is 1. The average molecular weight is 219 g/mol. The van der Waals surface area contributed by atoms with Gasteiger partial charge in [0.2, 0.25) is 11.8 Å². The Bertz CT molecular complexity index is 405. The third-order valence-corrected chi connectivity index (χ3v) is 2.73. The molecule has 1 aliphatic heterocycles. The molecule has 0 radical (unpaired) electrons. The predicted molar refractivity (Wildman–Crippen MR) is 58.8 cm³/mol. The molecule has 0 aromatic carbocycles. The van der Waals surface area contributed by atoms with E-state index in [1.807, 2.05) is 24.1 Å². The van der Waals surface area contributed by atoms with Crippen molar-refractivity contribution in [2.75, 3.05) is 11.9 Å². The van der Waals surface area contributed by atoms with Crippen molar-refractivity contribution < 1.29 is 9.59 Å². The number of anilines is 1. The van der Waals surface area contributed by atoms with Gasteiger partial charge in [-0.1, -0.05) is 0 Å². The number of likely N-dealkylation sites (N-methyl/N-ethyl adjacent to an activating group) is 1. The van der Waals surface area contributed by atoms with Crippen LogP contribution < -0.4 is 10.2 Å². The van der Waals surface area contributed by atoms with Crippen molar-refractivity contribution in [3.05, 3.63) is 24.5 Å².